The summed E-state index contributed by atoms with van der Waals surface area (Å²) in [5, 5.41) is 22.9. The zero-order valence-electron chi connectivity index (χ0n) is 24.5. The number of fused-ring (bicyclic) bond motifs is 2. The second-order valence-corrected chi connectivity index (χ2v) is 12.6. The fourth-order valence-corrected chi connectivity index (χ4v) is 6.83. The molecule has 8 heteroatoms. The molecule has 2 fully saturated rings. The van der Waals surface area contributed by atoms with Gasteiger partial charge in [-0.2, -0.15) is 10.2 Å². The molecule has 0 bridgehead atoms. The molecule has 42 heavy (non-hydrogen) atoms. The molecule has 2 aliphatic carbocycles. The first-order chi connectivity index (χ1) is 20.3. The fraction of sp³-hybridized carbons (Fsp3) is 0.353. The first kappa shape index (κ1) is 25.4. The van der Waals surface area contributed by atoms with Gasteiger partial charge in [-0.05, 0) is 36.5 Å². The Bertz CT molecular complexity index is 1970. The number of nitrogens with zero attached hydrogens (tertiary/aromatic N) is 7. The number of aliphatic hydroxyl groups is 1. The Balaban J connectivity index is 1.22. The van der Waals surface area contributed by atoms with Gasteiger partial charge in [0.05, 0.1) is 28.5 Å². The van der Waals surface area contributed by atoms with E-state index in [2.05, 4.69) is 65.7 Å². The number of rotatable bonds is 6. The van der Waals surface area contributed by atoms with E-state index in [-0.39, 0.29) is 12.0 Å². The van der Waals surface area contributed by atoms with E-state index < -0.39 is 5.60 Å². The molecule has 8 nitrogen and oxygen atoms in total. The first-order valence-corrected chi connectivity index (χ1v) is 15.0. The highest BCUT2D eigenvalue weighted by Gasteiger charge is 2.45. The molecule has 8 rings (SSSR count). The van der Waals surface area contributed by atoms with Gasteiger partial charge >= 0.3 is 0 Å². The molecule has 0 amide bonds. The number of benzene rings is 2. The summed E-state index contributed by atoms with van der Waals surface area (Å²) in [5.74, 6) is 1.68. The highest BCUT2D eigenvalue weighted by molar-refractivity contribution is 5.95. The van der Waals surface area contributed by atoms with E-state index >= 15 is 0 Å². The van der Waals surface area contributed by atoms with E-state index in [4.69, 9.17) is 15.1 Å². The molecule has 4 aromatic heterocycles. The molecule has 4 heterocycles. The third kappa shape index (κ3) is 3.92. The van der Waals surface area contributed by atoms with Crippen LogP contribution in [0, 0.1) is 0 Å². The third-order valence-corrected chi connectivity index (χ3v) is 9.18. The summed E-state index contributed by atoms with van der Waals surface area (Å²) in [5.41, 5.74) is 7.44. The van der Waals surface area contributed by atoms with Gasteiger partial charge in [0, 0.05) is 72.8 Å². The molecule has 2 aromatic carbocycles. The zero-order chi connectivity index (χ0) is 28.7. The number of pyridine rings is 1. The molecule has 6 aromatic rings. The minimum Gasteiger partial charge on any atom is -0.385 e. The Kier molecular flexibility index (Phi) is 5.51. The monoisotopic (exact) mass is 557 g/mol. The first-order valence-electron chi connectivity index (χ1n) is 15.0. The van der Waals surface area contributed by atoms with Crippen LogP contribution in [0.3, 0.4) is 0 Å². The van der Waals surface area contributed by atoms with Gasteiger partial charge in [0.1, 0.15) is 5.82 Å². The SMILES string of the molecule is CC(C)c1nc2nn(C)cc2cc1-c1nc(-c2cccc3nn(C4CC(O)(c5ccccc5)C4)cc23)c(C2CC2)n1C. The molecule has 0 unspecified atom stereocenters. The summed E-state index contributed by atoms with van der Waals surface area (Å²) < 4.78 is 6.18. The molecule has 2 aliphatic rings. The lowest BCUT2D eigenvalue weighted by atomic mass is 9.71. The third-order valence-electron chi connectivity index (χ3n) is 9.18. The topological polar surface area (TPSA) is 86.6 Å². The van der Waals surface area contributed by atoms with E-state index in [1.165, 1.54) is 18.5 Å². The zero-order valence-corrected chi connectivity index (χ0v) is 24.5. The summed E-state index contributed by atoms with van der Waals surface area (Å²) in [4.78, 5) is 10.4. The van der Waals surface area contributed by atoms with Crippen molar-refractivity contribution in [3.63, 3.8) is 0 Å². The second kappa shape index (κ2) is 9.10. The maximum Gasteiger partial charge on any atom is 0.181 e. The van der Waals surface area contributed by atoms with Crippen LogP contribution in [0.1, 0.15) is 74.4 Å². The van der Waals surface area contributed by atoms with Crippen molar-refractivity contribution in [1.82, 2.24) is 34.1 Å². The highest BCUT2D eigenvalue weighted by Crippen LogP contribution is 2.50. The minimum absolute atomic E-state index is 0.156. The number of imidazole rings is 1. The molecule has 0 aliphatic heterocycles. The Morgan fingerprint density at radius 3 is 2.43 bits per heavy atom. The summed E-state index contributed by atoms with van der Waals surface area (Å²) in [6, 6.07) is 18.7. The van der Waals surface area contributed by atoms with Crippen molar-refractivity contribution in [2.75, 3.05) is 0 Å². The molecule has 212 valence electrons. The minimum atomic E-state index is -0.792. The van der Waals surface area contributed by atoms with Gasteiger partial charge in [0.25, 0.3) is 0 Å². The lowest BCUT2D eigenvalue weighted by molar-refractivity contribution is -0.0767. The van der Waals surface area contributed by atoms with Crippen molar-refractivity contribution in [2.24, 2.45) is 14.1 Å². The molecule has 0 saturated heterocycles. The van der Waals surface area contributed by atoms with Gasteiger partial charge in [-0.15, -0.1) is 0 Å². The summed E-state index contributed by atoms with van der Waals surface area (Å²) in [6.07, 6.45) is 7.85. The maximum atomic E-state index is 11.2. The molecule has 0 atom stereocenters. The van der Waals surface area contributed by atoms with Crippen molar-refractivity contribution < 1.29 is 5.11 Å². The van der Waals surface area contributed by atoms with Crippen molar-refractivity contribution in [2.45, 2.75) is 63.0 Å². The van der Waals surface area contributed by atoms with Gasteiger partial charge < -0.3 is 9.67 Å². The van der Waals surface area contributed by atoms with E-state index in [9.17, 15) is 5.11 Å². The number of aryl methyl sites for hydroxylation is 1. The van der Waals surface area contributed by atoms with E-state index in [0.29, 0.717) is 18.8 Å². The van der Waals surface area contributed by atoms with Gasteiger partial charge in [-0.1, -0.05) is 56.3 Å². The Morgan fingerprint density at radius 1 is 0.905 bits per heavy atom. The summed E-state index contributed by atoms with van der Waals surface area (Å²) >= 11 is 0. The van der Waals surface area contributed by atoms with E-state index in [1.807, 2.05) is 48.3 Å². The lowest BCUT2D eigenvalue weighted by Gasteiger charge is -2.44. The molecule has 0 spiro atoms. The van der Waals surface area contributed by atoms with Crippen LogP contribution in [0.5, 0.6) is 0 Å². The van der Waals surface area contributed by atoms with Crippen molar-refractivity contribution in [3.8, 4) is 22.6 Å². The van der Waals surface area contributed by atoms with Gasteiger partial charge in [-0.3, -0.25) is 9.36 Å². The highest BCUT2D eigenvalue weighted by atomic mass is 16.3. The van der Waals surface area contributed by atoms with Crippen LogP contribution < -0.4 is 0 Å². The standard InChI is InChI=1S/C34H35N7O/c1-20(2)29-26(15-22-18-39(3)38-32(22)35-29)33-36-30(31(40(33)4)21-13-14-21)25-11-8-12-28-27(25)19-41(37-28)24-16-34(42,17-24)23-9-6-5-7-10-23/h5-12,15,18-21,24,42H,13-14,16-17H2,1-4H3. The normalized spacial score (nSPS) is 20.6. The maximum absolute atomic E-state index is 11.2. The number of aromatic nitrogens is 7. The number of hydrogen-bond donors (Lipinski definition) is 1. The fourth-order valence-electron chi connectivity index (χ4n) is 6.83. The molecular weight excluding hydrogens is 522 g/mol. The van der Waals surface area contributed by atoms with Gasteiger partial charge in [0.2, 0.25) is 0 Å². The van der Waals surface area contributed by atoms with Gasteiger partial charge in [0.15, 0.2) is 5.65 Å². The van der Waals surface area contributed by atoms with Crippen molar-refractivity contribution in [3.05, 3.63) is 83.9 Å². The quantitative estimate of drug-likeness (QED) is 0.249. The smallest absolute Gasteiger partial charge is 0.181 e. The predicted octanol–water partition coefficient (Wildman–Crippen LogP) is 6.61. The largest absolute Gasteiger partial charge is 0.385 e. The average molecular weight is 558 g/mol. The van der Waals surface area contributed by atoms with Crippen LogP contribution in [0.15, 0.2) is 67.0 Å². The Labute approximate surface area is 244 Å². The summed E-state index contributed by atoms with van der Waals surface area (Å²) in [6.45, 7) is 4.36. The van der Waals surface area contributed by atoms with Gasteiger partial charge in [-0.25, -0.2) is 9.97 Å². The van der Waals surface area contributed by atoms with Crippen LogP contribution in [0.25, 0.3) is 44.6 Å². The predicted molar refractivity (Wildman–Crippen MR) is 164 cm³/mol. The Morgan fingerprint density at radius 2 is 1.69 bits per heavy atom. The van der Waals surface area contributed by atoms with E-state index in [1.54, 1.807) is 0 Å². The molecule has 0 radical (unpaired) electrons. The van der Waals surface area contributed by atoms with Crippen LogP contribution in [0.2, 0.25) is 0 Å². The average Bonchev–Trinajstić information content (AvgIpc) is 3.44. The number of hydrogen-bond acceptors (Lipinski definition) is 5. The molecular formula is C34H35N7O. The van der Waals surface area contributed by atoms with Crippen LogP contribution >= 0.6 is 0 Å². The second-order valence-electron chi connectivity index (χ2n) is 12.6. The van der Waals surface area contributed by atoms with Crippen molar-refractivity contribution in [1.29, 1.82) is 0 Å². The summed E-state index contributed by atoms with van der Waals surface area (Å²) in [7, 11) is 4.09. The molecule has 2 saturated carbocycles. The van der Waals surface area contributed by atoms with E-state index in [0.717, 1.165) is 55.8 Å². The van der Waals surface area contributed by atoms with Crippen LogP contribution in [0.4, 0.5) is 0 Å². The van der Waals surface area contributed by atoms with Crippen molar-refractivity contribution >= 4 is 21.9 Å². The van der Waals surface area contributed by atoms with Crippen LogP contribution in [-0.4, -0.2) is 39.2 Å². The molecule has 1 N–H and O–H groups in total. The lowest BCUT2D eigenvalue weighted by Crippen LogP contribution is -2.42. The Hall–Kier alpha value is -4.30. The van der Waals surface area contributed by atoms with Crippen LogP contribution in [-0.2, 0) is 19.7 Å².